The Hall–Kier alpha value is -0.0800. The van der Waals surface area contributed by atoms with Crippen LogP contribution in [-0.2, 0) is 0 Å². The predicted molar refractivity (Wildman–Crippen MR) is 36.6 cm³/mol. The monoisotopic (exact) mass is 135 g/mol. The van der Waals surface area contributed by atoms with E-state index in [4.69, 9.17) is 17.3 Å². The van der Waals surface area contributed by atoms with Crippen LogP contribution >= 0.6 is 23.8 Å². The second kappa shape index (κ2) is 4.09. The zero-order valence-electron chi connectivity index (χ0n) is 3.73. The third-order valence-corrected chi connectivity index (χ3v) is 0.685. The van der Waals surface area contributed by atoms with E-state index in [0.717, 1.165) is 0 Å². The molecule has 0 saturated carbocycles. The molecular weight excluding hydrogens is 130 g/mol. The number of hydrogen-bond acceptors (Lipinski definition) is 1. The summed E-state index contributed by atoms with van der Waals surface area (Å²) < 4.78 is 0. The first-order chi connectivity index (χ1) is 3.27. The van der Waals surface area contributed by atoms with Crippen LogP contribution in [0.25, 0.3) is 0 Å². The van der Waals surface area contributed by atoms with Gasteiger partial charge in [0.15, 0.2) is 0 Å². The molecule has 2 N–H and O–H groups in total. The summed E-state index contributed by atoms with van der Waals surface area (Å²) in [5, 5.41) is 0. The van der Waals surface area contributed by atoms with Crippen molar-refractivity contribution in [3.05, 3.63) is 12.2 Å². The summed E-state index contributed by atoms with van der Waals surface area (Å²) in [6.07, 6.45) is 3.30. The highest BCUT2D eigenvalue weighted by Gasteiger charge is 1.71. The van der Waals surface area contributed by atoms with Crippen LogP contribution in [0.1, 0.15) is 0 Å². The zero-order chi connectivity index (χ0) is 5.70. The topological polar surface area (TPSA) is 26.0 Å². The molecule has 0 aliphatic carbocycles. The van der Waals surface area contributed by atoms with Crippen molar-refractivity contribution in [1.29, 1.82) is 0 Å². The van der Waals surface area contributed by atoms with E-state index in [1.165, 1.54) is 0 Å². The van der Waals surface area contributed by atoms with Gasteiger partial charge in [-0.3, -0.25) is 0 Å². The number of alkyl halides is 1. The van der Waals surface area contributed by atoms with Gasteiger partial charge < -0.3 is 5.73 Å². The summed E-state index contributed by atoms with van der Waals surface area (Å²) in [5.74, 6) is 0.470. The number of nitrogens with two attached hydrogens (primary N) is 1. The third-order valence-electron chi connectivity index (χ3n) is 0.371. The molecule has 1 nitrogen and oxygen atoms in total. The quantitative estimate of drug-likeness (QED) is 0.348. The van der Waals surface area contributed by atoms with E-state index >= 15 is 0 Å². The van der Waals surface area contributed by atoms with Gasteiger partial charge in [0.2, 0.25) is 0 Å². The standard InChI is InChI=1S/C4H6ClNS/c5-3-1-2-4(6)7/h1-2H,3H2,(H2,6,7)/b2-1+. The van der Waals surface area contributed by atoms with Gasteiger partial charge in [-0.15, -0.1) is 11.6 Å². The van der Waals surface area contributed by atoms with E-state index in [1.807, 2.05) is 0 Å². The Balaban J connectivity index is 3.26. The fourth-order valence-corrected chi connectivity index (χ4v) is 0.346. The second-order valence-corrected chi connectivity index (χ2v) is 1.74. The van der Waals surface area contributed by atoms with Crippen LogP contribution in [0.5, 0.6) is 0 Å². The van der Waals surface area contributed by atoms with Crippen molar-refractivity contribution in [2.75, 3.05) is 5.88 Å². The molecule has 0 fully saturated rings. The second-order valence-electron chi connectivity index (χ2n) is 0.959. The van der Waals surface area contributed by atoms with Crippen LogP contribution in [0.15, 0.2) is 12.2 Å². The SMILES string of the molecule is NC(=S)/C=C/CCl. The molecule has 0 aromatic rings. The van der Waals surface area contributed by atoms with E-state index in [9.17, 15) is 0 Å². The smallest absolute Gasteiger partial charge is 0.0959 e. The van der Waals surface area contributed by atoms with Crippen molar-refractivity contribution in [2.24, 2.45) is 5.73 Å². The molecule has 0 rings (SSSR count). The molecule has 7 heavy (non-hydrogen) atoms. The molecule has 0 unspecified atom stereocenters. The fraction of sp³-hybridized carbons (Fsp3) is 0.250. The van der Waals surface area contributed by atoms with Gasteiger partial charge in [-0.25, -0.2) is 0 Å². The van der Waals surface area contributed by atoms with Crippen LogP contribution in [0.3, 0.4) is 0 Å². The first kappa shape index (κ1) is 6.92. The Bertz CT molecular complexity index is 89.7. The van der Waals surface area contributed by atoms with Crippen molar-refractivity contribution >= 4 is 28.8 Å². The lowest BCUT2D eigenvalue weighted by Gasteiger charge is -1.77. The number of rotatable bonds is 2. The number of thiocarbonyl (C=S) groups is 1. The molecule has 0 aromatic heterocycles. The van der Waals surface area contributed by atoms with E-state index < -0.39 is 0 Å². The largest absolute Gasteiger partial charge is 0.390 e. The summed E-state index contributed by atoms with van der Waals surface area (Å²) >= 11 is 9.74. The van der Waals surface area contributed by atoms with Crippen molar-refractivity contribution in [1.82, 2.24) is 0 Å². The third kappa shape index (κ3) is 5.92. The number of hydrogen-bond donors (Lipinski definition) is 1. The van der Waals surface area contributed by atoms with Crippen LogP contribution in [-0.4, -0.2) is 10.9 Å². The van der Waals surface area contributed by atoms with Crippen molar-refractivity contribution < 1.29 is 0 Å². The highest BCUT2D eigenvalue weighted by Crippen LogP contribution is 1.76. The predicted octanol–water partition coefficient (Wildman–Crippen LogP) is 1.07. The van der Waals surface area contributed by atoms with Gasteiger partial charge in [0.1, 0.15) is 0 Å². The molecule has 0 atom stereocenters. The first-order valence-corrected chi connectivity index (χ1v) is 2.73. The Morgan fingerprint density at radius 2 is 2.43 bits per heavy atom. The van der Waals surface area contributed by atoms with Crippen molar-refractivity contribution in [3.8, 4) is 0 Å². The van der Waals surface area contributed by atoms with E-state index in [1.54, 1.807) is 12.2 Å². The van der Waals surface area contributed by atoms with E-state index in [-0.39, 0.29) is 0 Å². The van der Waals surface area contributed by atoms with Gasteiger partial charge in [0, 0.05) is 5.88 Å². The molecule has 0 spiro atoms. The average molecular weight is 136 g/mol. The lowest BCUT2D eigenvalue weighted by molar-refractivity contribution is 1.73. The summed E-state index contributed by atoms with van der Waals surface area (Å²) in [5.41, 5.74) is 5.06. The molecular formula is C4H6ClNS. The van der Waals surface area contributed by atoms with Gasteiger partial charge in [0.05, 0.1) is 4.99 Å². The van der Waals surface area contributed by atoms with E-state index in [2.05, 4.69) is 12.2 Å². The van der Waals surface area contributed by atoms with Crippen LogP contribution in [0.2, 0.25) is 0 Å². The average Bonchev–Trinajstić information content (AvgIpc) is 1.61. The van der Waals surface area contributed by atoms with Gasteiger partial charge >= 0.3 is 0 Å². The maximum absolute atomic E-state index is 5.24. The molecule has 0 amide bonds. The minimum atomic E-state index is 0.376. The summed E-state index contributed by atoms with van der Waals surface area (Å²) in [7, 11) is 0. The molecule has 0 heterocycles. The molecule has 0 saturated heterocycles. The molecule has 0 radical (unpaired) electrons. The Morgan fingerprint density at radius 3 is 2.57 bits per heavy atom. The Kier molecular flexibility index (Phi) is 4.04. The number of halogens is 1. The lowest BCUT2D eigenvalue weighted by atomic mass is 10.5. The van der Waals surface area contributed by atoms with Gasteiger partial charge in [-0.1, -0.05) is 18.3 Å². The lowest BCUT2D eigenvalue weighted by Crippen LogP contribution is -2.01. The molecule has 40 valence electrons. The van der Waals surface area contributed by atoms with E-state index in [0.29, 0.717) is 10.9 Å². The Labute approximate surface area is 53.1 Å². The summed E-state index contributed by atoms with van der Waals surface area (Å²) in [6.45, 7) is 0. The van der Waals surface area contributed by atoms with Gasteiger partial charge in [-0.2, -0.15) is 0 Å². The minimum Gasteiger partial charge on any atom is -0.390 e. The normalized spacial score (nSPS) is 9.86. The van der Waals surface area contributed by atoms with Crippen LogP contribution < -0.4 is 5.73 Å². The maximum atomic E-state index is 5.24. The number of allylic oxidation sites excluding steroid dienone is 1. The first-order valence-electron chi connectivity index (χ1n) is 1.79. The molecule has 3 heteroatoms. The van der Waals surface area contributed by atoms with Crippen molar-refractivity contribution in [2.45, 2.75) is 0 Å². The highest BCUT2D eigenvalue weighted by molar-refractivity contribution is 7.80. The van der Waals surface area contributed by atoms with Gasteiger partial charge in [0.25, 0.3) is 0 Å². The molecule has 0 aliphatic heterocycles. The Morgan fingerprint density at radius 1 is 1.86 bits per heavy atom. The van der Waals surface area contributed by atoms with Crippen LogP contribution in [0.4, 0.5) is 0 Å². The minimum absolute atomic E-state index is 0.376. The molecule has 0 aliphatic rings. The zero-order valence-corrected chi connectivity index (χ0v) is 5.30. The van der Waals surface area contributed by atoms with Gasteiger partial charge in [-0.05, 0) is 6.08 Å². The molecule has 0 bridgehead atoms. The molecule has 0 aromatic carbocycles. The maximum Gasteiger partial charge on any atom is 0.0959 e. The summed E-state index contributed by atoms with van der Waals surface area (Å²) in [4.78, 5) is 0.376. The summed E-state index contributed by atoms with van der Waals surface area (Å²) in [6, 6.07) is 0. The van der Waals surface area contributed by atoms with Crippen molar-refractivity contribution in [3.63, 3.8) is 0 Å². The highest BCUT2D eigenvalue weighted by atomic mass is 35.5. The fourth-order valence-electron chi connectivity index (χ4n) is 0.161. The van der Waals surface area contributed by atoms with Crippen LogP contribution in [0, 0.1) is 0 Å².